The van der Waals surface area contributed by atoms with Crippen LogP contribution in [-0.4, -0.2) is 36.5 Å². The molecule has 1 aromatic carbocycles. The quantitative estimate of drug-likeness (QED) is 0.855. The third-order valence-electron chi connectivity index (χ3n) is 4.65. The van der Waals surface area contributed by atoms with E-state index < -0.39 is 0 Å². The van der Waals surface area contributed by atoms with E-state index in [4.69, 9.17) is 0 Å². The van der Waals surface area contributed by atoms with E-state index in [1.807, 2.05) is 24.3 Å². The van der Waals surface area contributed by atoms with Gasteiger partial charge >= 0.3 is 0 Å². The van der Waals surface area contributed by atoms with Crippen LogP contribution in [0.5, 0.6) is 0 Å². The Morgan fingerprint density at radius 2 is 1.95 bits per heavy atom. The minimum atomic E-state index is 0.00324. The summed E-state index contributed by atoms with van der Waals surface area (Å²) in [6.07, 6.45) is 2.53. The third-order valence-corrected chi connectivity index (χ3v) is 5.34. The van der Waals surface area contributed by atoms with Gasteiger partial charge in [-0.3, -0.25) is 9.69 Å². The topological polar surface area (TPSA) is 32.3 Å². The number of nitrogens with one attached hydrogen (secondary N) is 1. The molecule has 22 heavy (non-hydrogen) atoms. The highest BCUT2D eigenvalue weighted by atomic mass is 79.9. The summed E-state index contributed by atoms with van der Waals surface area (Å²) in [5.74, 6) is 1.37. The number of benzene rings is 1. The average Bonchev–Trinajstić information content (AvgIpc) is 2.49. The summed E-state index contributed by atoms with van der Waals surface area (Å²) < 4.78 is 0.848. The molecule has 2 rings (SSSR count). The molecule has 0 aromatic heterocycles. The van der Waals surface area contributed by atoms with E-state index in [1.54, 1.807) is 0 Å². The second-order valence-electron chi connectivity index (χ2n) is 6.72. The van der Waals surface area contributed by atoms with E-state index in [0.29, 0.717) is 24.1 Å². The molecule has 4 heteroatoms. The van der Waals surface area contributed by atoms with E-state index in [1.165, 1.54) is 12.8 Å². The van der Waals surface area contributed by atoms with Crippen molar-refractivity contribution in [3.8, 4) is 0 Å². The normalized spacial score (nSPS) is 18.4. The van der Waals surface area contributed by atoms with Crippen LogP contribution in [0, 0.1) is 11.8 Å². The van der Waals surface area contributed by atoms with E-state index in [2.05, 4.69) is 46.9 Å². The van der Waals surface area contributed by atoms with Crippen LogP contribution < -0.4 is 5.32 Å². The van der Waals surface area contributed by atoms with Crippen LogP contribution in [-0.2, 0) is 0 Å². The number of rotatable bonds is 5. The Labute approximate surface area is 142 Å². The molecular formula is C18H27BrN2O. The fourth-order valence-electron chi connectivity index (χ4n) is 3.08. The fourth-order valence-corrected chi connectivity index (χ4v) is 3.55. The predicted octanol–water partition coefficient (Wildman–Crippen LogP) is 3.94. The van der Waals surface area contributed by atoms with Gasteiger partial charge in [0.15, 0.2) is 0 Å². The van der Waals surface area contributed by atoms with Crippen molar-refractivity contribution in [2.75, 3.05) is 19.6 Å². The van der Waals surface area contributed by atoms with Gasteiger partial charge in [0.2, 0.25) is 0 Å². The predicted molar refractivity (Wildman–Crippen MR) is 95.1 cm³/mol. The Kier molecular flexibility index (Phi) is 6.45. The largest absolute Gasteiger partial charge is 0.350 e. The lowest BCUT2D eigenvalue weighted by atomic mass is 9.94. The minimum absolute atomic E-state index is 0.00324. The highest BCUT2D eigenvalue weighted by Crippen LogP contribution is 2.21. The molecule has 122 valence electrons. The van der Waals surface area contributed by atoms with E-state index in [-0.39, 0.29) is 5.91 Å². The van der Waals surface area contributed by atoms with Crippen molar-refractivity contribution in [1.82, 2.24) is 10.2 Å². The average molecular weight is 367 g/mol. The molecule has 1 amide bonds. The van der Waals surface area contributed by atoms with Gasteiger partial charge < -0.3 is 5.32 Å². The molecule has 1 heterocycles. The lowest BCUT2D eigenvalue weighted by Crippen LogP contribution is -2.49. The maximum atomic E-state index is 12.4. The number of likely N-dealkylation sites (tertiary alicyclic amines) is 1. The van der Waals surface area contributed by atoms with Gasteiger partial charge in [-0.25, -0.2) is 0 Å². The highest BCUT2D eigenvalue weighted by Gasteiger charge is 2.26. The zero-order valence-corrected chi connectivity index (χ0v) is 15.4. The van der Waals surface area contributed by atoms with Crippen molar-refractivity contribution in [2.45, 2.75) is 39.7 Å². The van der Waals surface area contributed by atoms with Crippen LogP contribution in [0.15, 0.2) is 28.7 Å². The van der Waals surface area contributed by atoms with Crippen molar-refractivity contribution in [1.29, 1.82) is 0 Å². The summed E-state index contributed by atoms with van der Waals surface area (Å²) in [6, 6.07) is 7.99. The van der Waals surface area contributed by atoms with Crippen LogP contribution in [0.4, 0.5) is 0 Å². The summed E-state index contributed by atoms with van der Waals surface area (Å²) >= 11 is 3.44. The summed E-state index contributed by atoms with van der Waals surface area (Å²) in [6.45, 7) is 9.83. The van der Waals surface area contributed by atoms with Crippen molar-refractivity contribution in [3.05, 3.63) is 34.3 Å². The van der Waals surface area contributed by atoms with Gasteiger partial charge in [-0.05, 0) is 65.8 Å². The van der Waals surface area contributed by atoms with Crippen molar-refractivity contribution in [2.24, 2.45) is 11.8 Å². The Morgan fingerprint density at radius 1 is 1.32 bits per heavy atom. The first-order chi connectivity index (χ1) is 10.5. The molecule has 1 fully saturated rings. The van der Waals surface area contributed by atoms with Gasteiger partial charge in [0, 0.05) is 17.1 Å². The molecule has 0 spiro atoms. The molecular weight excluding hydrogens is 340 g/mol. The SMILES string of the molecule is CC1CCN([C@H](CNC(=O)c2ccccc2Br)C(C)C)CC1. The highest BCUT2D eigenvalue weighted by molar-refractivity contribution is 9.10. The number of carbonyl (C=O) groups excluding carboxylic acids is 1. The monoisotopic (exact) mass is 366 g/mol. The number of piperidine rings is 1. The summed E-state index contributed by atoms with van der Waals surface area (Å²) in [5, 5.41) is 3.12. The maximum Gasteiger partial charge on any atom is 0.252 e. The van der Waals surface area contributed by atoms with E-state index >= 15 is 0 Å². The zero-order valence-electron chi connectivity index (χ0n) is 13.8. The number of halogens is 1. The first kappa shape index (κ1) is 17.5. The summed E-state index contributed by atoms with van der Waals surface area (Å²) in [7, 11) is 0. The smallest absolute Gasteiger partial charge is 0.252 e. The summed E-state index contributed by atoms with van der Waals surface area (Å²) in [4.78, 5) is 14.9. The zero-order chi connectivity index (χ0) is 16.1. The van der Waals surface area contributed by atoms with Crippen LogP contribution in [0.3, 0.4) is 0 Å². The lowest BCUT2D eigenvalue weighted by Gasteiger charge is -2.38. The number of amides is 1. The van der Waals surface area contributed by atoms with Crippen molar-refractivity contribution < 1.29 is 4.79 Å². The van der Waals surface area contributed by atoms with Gasteiger partial charge in [0.25, 0.3) is 5.91 Å². The molecule has 1 aliphatic rings. The van der Waals surface area contributed by atoms with Crippen LogP contribution >= 0.6 is 15.9 Å². The van der Waals surface area contributed by atoms with E-state index in [9.17, 15) is 4.79 Å². The van der Waals surface area contributed by atoms with Gasteiger partial charge in [0.1, 0.15) is 0 Å². The number of nitrogens with zero attached hydrogens (tertiary/aromatic N) is 1. The fraction of sp³-hybridized carbons (Fsp3) is 0.611. The molecule has 0 bridgehead atoms. The molecule has 1 atom stereocenters. The first-order valence-corrected chi connectivity index (χ1v) is 9.05. The van der Waals surface area contributed by atoms with Gasteiger partial charge in [-0.15, -0.1) is 0 Å². The Hall–Kier alpha value is -0.870. The Morgan fingerprint density at radius 3 is 2.55 bits per heavy atom. The minimum Gasteiger partial charge on any atom is -0.350 e. The first-order valence-electron chi connectivity index (χ1n) is 8.25. The lowest BCUT2D eigenvalue weighted by molar-refractivity contribution is 0.0862. The van der Waals surface area contributed by atoms with Crippen LogP contribution in [0.2, 0.25) is 0 Å². The standard InChI is InChI=1S/C18H27BrN2O/c1-13(2)17(21-10-8-14(3)9-11-21)12-20-18(22)15-6-4-5-7-16(15)19/h4-7,13-14,17H,8-12H2,1-3H3,(H,20,22)/t17-/m1/s1. The van der Waals surface area contributed by atoms with Gasteiger partial charge in [0.05, 0.1) is 5.56 Å². The molecule has 3 nitrogen and oxygen atoms in total. The molecule has 1 aliphatic heterocycles. The van der Waals surface area contributed by atoms with Crippen LogP contribution in [0.1, 0.15) is 44.0 Å². The Balaban J connectivity index is 1.94. The van der Waals surface area contributed by atoms with Gasteiger partial charge in [-0.1, -0.05) is 32.9 Å². The maximum absolute atomic E-state index is 12.4. The third kappa shape index (κ3) is 4.56. The second kappa shape index (κ2) is 8.11. The molecule has 1 N–H and O–H groups in total. The Bertz CT molecular complexity index is 496. The van der Waals surface area contributed by atoms with Crippen LogP contribution in [0.25, 0.3) is 0 Å². The van der Waals surface area contributed by atoms with Gasteiger partial charge in [-0.2, -0.15) is 0 Å². The molecule has 0 radical (unpaired) electrons. The number of carbonyl (C=O) groups is 1. The summed E-state index contributed by atoms with van der Waals surface area (Å²) in [5.41, 5.74) is 0.706. The molecule has 0 saturated carbocycles. The van der Waals surface area contributed by atoms with Crippen molar-refractivity contribution in [3.63, 3.8) is 0 Å². The number of hydrogen-bond donors (Lipinski definition) is 1. The second-order valence-corrected chi connectivity index (χ2v) is 7.57. The van der Waals surface area contributed by atoms with E-state index in [0.717, 1.165) is 23.5 Å². The molecule has 1 aromatic rings. The molecule has 1 saturated heterocycles. The number of hydrogen-bond acceptors (Lipinski definition) is 2. The molecule has 0 unspecified atom stereocenters. The molecule has 0 aliphatic carbocycles. The van der Waals surface area contributed by atoms with Crippen molar-refractivity contribution >= 4 is 21.8 Å².